The summed E-state index contributed by atoms with van der Waals surface area (Å²) < 4.78 is 0. The first kappa shape index (κ1) is 25.7. The summed E-state index contributed by atoms with van der Waals surface area (Å²) in [5, 5.41) is 25.9. The van der Waals surface area contributed by atoms with Crippen molar-refractivity contribution in [2.75, 3.05) is 6.54 Å². The average Bonchev–Trinajstić information content (AvgIpc) is 3.07. The lowest BCUT2D eigenvalue weighted by Gasteiger charge is -2.62. The van der Waals surface area contributed by atoms with Crippen LogP contribution in [0.25, 0.3) is 0 Å². The molecule has 7 atom stereocenters. The van der Waals surface area contributed by atoms with E-state index in [2.05, 4.69) is 46.0 Å². The molecular weight excluding hydrogens is 406 g/mol. The number of allylic oxidation sites excluding steroid dienone is 1. The number of rotatable bonds is 9. The summed E-state index contributed by atoms with van der Waals surface area (Å²) in [7, 11) is 0. The van der Waals surface area contributed by atoms with Gasteiger partial charge in [-0.25, -0.2) is 0 Å². The molecule has 0 aliphatic heterocycles. The molecule has 0 amide bonds. The summed E-state index contributed by atoms with van der Waals surface area (Å²) in [5.74, 6) is 2.16. The highest BCUT2D eigenvalue weighted by Gasteiger charge is 2.67. The van der Waals surface area contributed by atoms with Gasteiger partial charge in [0.25, 0.3) is 0 Å². The number of hydrogen-bond acceptors (Lipinski definition) is 3. The molecule has 0 radical (unpaired) electrons. The molecule has 4 aliphatic carbocycles. The number of fused-ring (bicyclic) bond motifs is 5. The molecule has 0 bridgehead atoms. The Labute approximate surface area is 204 Å². The number of nitrogens with one attached hydrogen (secondary N) is 1. The van der Waals surface area contributed by atoms with Crippen LogP contribution in [0.15, 0.2) is 11.6 Å². The van der Waals surface area contributed by atoms with Gasteiger partial charge in [0, 0.05) is 0 Å². The minimum atomic E-state index is -0.722. The zero-order valence-corrected chi connectivity index (χ0v) is 22.4. The highest BCUT2D eigenvalue weighted by atomic mass is 16.3. The average molecular weight is 460 g/mol. The lowest BCUT2D eigenvalue weighted by molar-refractivity contribution is -0.124. The first-order chi connectivity index (χ1) is 15.6. The van der Waals surface area contributed by atoms with E-state index in [9.17, 15) is 10.2 Å². The zero-order valence-electron chi connectivity index (χ0n) is 22.4. The van der Waals surface area contributed by atoms with Crippen molar-refractivity contribution < 1.29 is 10.2 Å². The van der Waals surface area contributed by atoms with Gasteiger partial charge in [0.1, 0.15) is 0 Å². The molecule has 0 aromatic carbocycles. The van der Waals surface area contributed by atoms with E-state index in [4.69, 9.17) is 0 Å². The maximum atomic E-state index is 11.6. The molecule has 3 fully saturated rings. The van der Waals surface area contributed by atoms with Gasteiger partial charge in [-0.15, -0.1) is 0 Å². The molecule has 0 spiro atoms. The molecule has 4 aliphatic rings. The third-order valence-corrected chi connectivity index (χ3v) is 11.3. The van der Waals surface area contributed by atoms with Gasteiger partial charge in [-0.2, -0.15) is 0 Å². The number of aliphatic hydroxyl groups excluding tert-OH is 1. The van der Waals surface area contributed by atoms with E-state index in [0.29, 0.717) is 5.92 Å². The molecule has 3 saturated carbocycles. The van der Waals surface area contributed by atoms with Crippen molar-refractivity contribution in [3.8, 4) is 0 Å². The maximum absolute atomic E-state index is 11.6. The minimum absolute atomic E-state index is 0.129. The maximum Gasteiger partial charge on any atom is 0.0777 e. The van der Waals surface area contributed by atoms with Crippen LogP contribution in [-0.4, -0.2) is 34.0 Å². The normalized spacial score (nSPS) is 42.9. The van der Waals surface area contributed by atoms with E-state index in [1.54, 1.807) is 5.57 Å². The van der Waals surface area contributed by atoms with Gasteiger partial charge in [-0.05, 0) is 107 Å². The monoisotopic (exact) mass is 459 g/mol. The lowest BCUT2D eigenvalue weighted by atomic mass is 9.45. The fourth-order valence-corrected chi connectivity index (χ4v) is 9.40. The van der Waals surface area contributed by atoms with Gasteiger partial charge in [0.2, 0.25) is 0 Å². The van der Waals surface area contributed by atoms with Crippen molar-refractivity contribution in [2.45, 2.75) is 142 Å². The Kier molecular flexibility index (Phi) is 7.46. The zero-order chi connectivity index (χ0) is 23.9. The van der Waals surface area contributed by atoms with Gasteiger partial charge >= 0.3 is 0 Å². The van der Waals surface area contributed by atoms with E-state index in [1.165, 1.54) is 64.2 Å². The van der Waals surface area contributed by atoms with Crippen LogP contribution in [0.5, 0.6) is 0 Å². The van der Waals surface area contributed by atoms with Crippen molar-refractivity contribution in [1.82, 2.24) is 5.32 Å². The Morgan fingerprint density at radius 2 is 1.67 bits per heavy atom. The van der Waals surface area contributed by atoms with Crippen LogP contribution in [-0.2, 0) is 0 Å². The number of hydrogen-bond donors (Lipinski definition) is 3. The van der Waals surface area contributed by atoms with Gasteiger partial charge in [0.15, 0.2) is 0 Å². The number of aliphatic hydroxyl groups is 2. The smallest absolute Gasteiger partial charge is 0.0777 e. The van der Waals surface area contributed by atoms with Crippen LogP contribution >= 0.6 is 0 Å². The van der Waals surface area contributed by atoms with Gasteiger partial charge < -0.3 is 15.5 Å². The van der Waals surface area contributed by atoms with E-state index < -0.39 is 5.60 Å². The summed E-state index contributed by atoms with van der Waals surface area (Å²) >= 11 is 0. The van der Waals surface area contributed by atoms with Gasteiger partial charge in [0.05, 0.1) is 17.2 Å². The van der Waals surface area contributed by atoms with Crippen LogP contribution in [0.2, 0.25) is 0 Å². The Morgan fingerprint density at radius 1 is 0.970 bits per heavy atom. The summed E-state index contributed by atoms with van der Waals surface area (Å²) in [6.45, 7) is 12.5. The molecule has 4 rings (SSSR count). The topological polar surface area (TPSA) is 52.5 Å². The van der Waals surface area contributed by atoms with E-state index in [-0.39, 0.29) is 22.5 Å². The van der Waals surface area contributed by atoms with Crippen LogP contribution in [0, 0.1) is 28.6 Å². The van der Waals surface area contributed by atoms with E-state index in [0.717, 1.165) is 44.1 Å². The van der Waals surface area contributed by atoms with Crippen LogP contribution in [0.4, 0.5) is 0 Å². The minimum Gasteiger partial charge on any atom is -0.393 e. The molecular formula is C30H53NO2. The first-order valence-electron chi connectivity index (χ1n) is 14.4. The van der Waals surface area contributed by atoms with E-state index in [1.807, 2.05) is 0 Å². The fourth-order valence-electron chi connectivity index (χ4n) is 9.40. The van der Waals surface area contributed by atoms with Gasteiger partial charge in [-0.3, -0.25) is 0 Å². The second kappa shape index (κ2) is 9.58. The van der Waals surface area contributed by atoms with Gasteiger partial charge in [-0.1, -0.05) is 64.5 Å². The Morgan fingerprint density at radius 3 is 2.39 bits per heavy atom. The molecule has 3 heteroatoms. The Balaban J connectivity index is 1.51. The third-order valence-electron chi connectivity index (χ3n) is 11.3. The predicted molar refractivity (Wildman–Crippen MR) is 138 cm³/mol. The molecule has 0 saturated heterocycles. The molecule has 0 unspecified atom stereocenters. The van der Waals surface area contributed by atoms with Crippen molar-refractivity contribution in [3.05, 3.63) is 11.6 Å². The molecule has 0 heterocycles. The van der Waals surface area contributed by atoms with Crippen LogP contribution in [0.3, 0.4) is 0 Å². The summed E-state index contributed by atoms with van der Waals surface area (Å²) in [6.07, 6.45) is 19.3. The van der Waals surface area contributed by atoms with Crippen molar-refractivity contribution in [3.63, 3.8) is 0 Å². The van der Waals surface area contributed by atoms with Crippen molar-refractivity contribution in [1.29, 1.82) is 0 Å². The third kappa shape index (κ3) is 4.27. The van der Waals surface area contributed by atoms with E-state index >= 15 is 0 Å². The molecule has 3 N–H and O–H groups in total. The molecule has 3 nitrogen and oxygen atoms in total. The summed E-state index contributed by atoms with van der Waals surface area (Å²) in [4.78, 5) is 0. The highest BCUT2D eigenvalue weighted by molar-refractivity contribution is 5.28. The second-order valence-electron chi connectivity index (χ2n) is 13.3. The molecule has 0 aromatic rings. The van der Waals surface area contributed by atoms with Crippen LogP contribution < -0.4 is 5.32 Å². The first-order valence-corrected chi connectivity index (χ1v) is 14.4. The fraction of sp³-hybridized carbons (Fsp3) is 0.933. The van der Waals surface area contributed by atoms with Crippen molar-refractivity contribution in [2.24, 2.45) is 28.6 Å². The summed E-state index contributed by atoms with van der Waals surface area (Å²) in [6, 6.07) is 0. The molecule has 190 valence electrons. The number of unbranched alkanes of at least 4 members (excludes halogenated alkanes) is 5. The highest BCUT2D eigenvalue weighted by Crippen LogP contribution is 2.68. The molecule has 33 heavy (non-hydrogen) atoms. The standard InChI is InChI=1S/C30H53NO2/c1-6-7-8-9-10-11-20-31-30(27(2,3)33)19-16-26-24-13-12-22-21-23(32)14-17-28(22,4)25(24)15-18-29(26,30)5/h12,23-26,31-33H,6-11,13-21H2,1-5H3/t23-,24+,25-,26-,28-,29-,30-/m0/s1. The predicted octanol–water partition coefficient (Wildman–Crippen LogP) is 6.77. The van der Waals surface area contributed by atoms with Crippen LogP contribution in [0.1, 0.15) is 125 Å². The second-order valence-corrected chi connectivity index (χ2v) is 13.3. The Hall–Kier alpha value is -0.380. The summed E-state index contributed by atoms with van der Waals surface area (Å²) in [5.41, 5.74) is 1.08. The molecule has 0 aromatic heterocycles. The SMILES string of the molecule is CCCCCCCCN[C@]1(C(C)(C)O)CC[C@H]2[C@@H]3CC=C4C[C@@H](O)CC[C@]4(C)[C@H]3CC[C@@]21C. The lowest BCUT2D eigenvalue weighted by Crippen LogP contribution is -2.69. The van der Waals surface area contributed by atoms with Crippen molar-refractivity contribution >= 4 is 0 Å². The Bertz CT molecular complexity index is 711. The largest absolute Gasteiger partial charge is 0.393 e. The quantitative estimate of drug-likeness (QED) is 0.263.